The van der Waals surface area contributed by atoms with Crippen molar-refractivity contribution in [1.29, 1.82) is 0 Å². The number of carbonyl (C=O) groups is 1. The third-order valence-electron chi connectivity index (χ3n) is 3.55. The maximum Gasteiger partial charge on any atom is 0.224 e. The minimum atomic E-state index is 0.0176. The molecule has 1 aliphatic rings. The van der Waals surface area contributed by atoms with Gasteiger partial charge in [-0.1, -0.05) is 12.1 Å². The molecular weight excluding hydrogens is 254 g/mol. The molecular formula is C16H23NO3. The van der Waals surface area contributed by atoms with Gasteiger partial charge in [0.1, 0.15) is 5.75 Å². The molecule has 20 heavy (non-hydrogen) atoms. The summed E-state index contributed by atoms with van der Waals surface area (Å²) in [6.07, 6.45) is 3.32. The predicted octanol–water partition coefficient (Wildman–Crippen LogP) is 1.90. The zero-order valence-electron chi connectivity index (χ0n) is 12.0. The first-order valence-electron chi connectivity index (χ1n) is 7.35. The number of hydrogen-bond donors (Lipinski definition) is 2. The van der Waals surface area contributed by atoms with Gasteiger partial charge in [0.25, 0.3) is 0 Å². The van der Waals surface area contributed by atoms with Gasteiger partial charge in [-0.15, -0.1) is 0 Å². The Kier molecular flexibility index (Phi) is 5.41. The summed E-state index contributed by atoms with van der Waals surface area (Å²) in [5, 5.41) is 12.1. The van der Waals surface area contributed by atoms with Crippen LogP contribution in [0.4, 0.5) is 0 Å². The average Bonchev–Trinajstić information content (AvgIpc) is 3.23. The molecule has 1 amide bonds. The highest BCUT2D eigenvalue weighted by molar-refractivity contribution is 5.79. The van der Waals surface area contributed by atoms with Gasteiger partial charge < -0.3 is 15.2 Å². The van der Waals surface area contributed by atoms with Crippen LogP contribution in [0.5, 0.6) is 5.75 Å². The monoisotopic (exact) mass is 277 g/mol. The van der Waals surface area contributed by atoms with Crippen molar-refractivity contribution in [2.24, 2.45) is 5.92 Å². The van der Waals surface area contributed by atoms with Gasteiger partial charge in [-0.2, -0.15) is 0 Å². The lowest BCUT2D eigenvalue weighted by molar-refractivity contribution is -0.121. The molecule has 2 N–H and O–H groups in total. The second-order valence-corrected chi connectivity index (χ2v) is 5.28. The lowest BCUT2D eigenvalue weighted by Crippen LogP contribution is -2.38. The van der Waals surface area contributed by atoms with Crippen molar-refractivity contribution in [2.45, 2.75) is 38.6 Å². The molecule has 110 valence electrons. The summed E-state index contributed by atoms with van der Waals surface area (Å²) in [4.78, 5) is 12.1. The Labute approximate surface area is 120 Å². The van der Waals surface area contributed by atoms with Crippen molar-refractivity contribution in [2.75, 3.05) is 13.2 Å². The first-order valence-corrected chi connectivity index (χ1v) is 7.35. The van der Waals surface area contributed by atoms with Crippen LogP contribution >= 0.6 is 0 Å². The topological polar surface area (TPSA) is 58.6 Å². The van der Waals surface area contributed by atoms with E-state index in [0.717, 1.165) is 24.2 Å². The minimum absolute atomic E-state index is 0.0176. The smallest absolute Gasteiger partial charge is 0.224 e. The quantitative estimate of drug-likeness (QED) is 0.763. The SMILES string of the molecule is CCOc1cccc(CC(=O)NC(CCO)C2CC2)c1. The lowest BCUT2D eigenvalue weighted by Gasteiger charge is -2.17. The van der Waals surface area contributed by atoms with E-state index >= 15 is 0 Å². The first-order chi connectivity index (χ1) is 9.72. The lowest BCUT2D eigenvalue weighted by atomic mass is 10.1. The summed E-state index contributed by atoms with van der Waals surface area (Å²) in [5.74, 6) is 1.37. The highest BCUT2D eigenvalue weighted by Gasteiger charge is 2.31. The van der Waals surface area contributed by atoms with E-state index < -0.39 is 0 Å². The zero-order valence-corrected chi connectivity index (χ0v) is 12.0. The number of amides is 1. The van der Waals surface area contributed by atoms with E-state index in [2.05, 4.69) is 5.32 Å². The summed E-state index contributed by atoms with van der Waals surface area (Å²) in [7, 11) is 0. The van der Waals surface area contributed by atoms with E-state index in [1.807, 2.05) is 31.2 Å². The molecule has 0 aliphatic heterocycles. The molecule has 1 aliphatic carbocycles. The van der Waals surface area contributed by atoms with Crippen LogP contribution in [0.15, 0.2) is 24.3 Å². The number of benzene rings is 1. The number of nitrogens with one attached hydrogen (secondary N) is 1. The Balaban J connectivity index is 1.88. The summed E-state index contributed by atoms with van der Waals surface area (Å²) < 4.78 is 5.43. The number of carbonyl (C=O) groups excluding carboxylic acids is 1. The summed E-state index contributed by atoms with van der Waals surface area (Å²) in [5.41, 5.74) is 0.951. The molecule has 0 saturated heterocycles. The van der Waals surface area contributed by atoms with E-state index in [4.69, 9.17) is 9.84 Å². The maximum absolute atomic E-state index is 12.1. The third-order valence-corrected chi connectivity index (χ3v) is 3.55. The van der Waals surface area contributed by atoms with Crippen LogP contribution in [0, 0.1) is 5.92 Å². The van der Waals surface area contributed by atoms with Gasteiger partial charge in [-0.3, -0.25) is 4.79 Å². The molecule has 1 unspecified atom stereocenters. The normalized spacial score (nSPS) is 15.7. The molecule has 1 atom stereocenters. The third kappa shape index (κ3) is 4.53. The zero-order chi connectivity index (χ0) is 14.4. The van der Waals surface area contributed by atoms with Gasteiger partial charge in [0.15, 0.2) is 0 Å². The maximum atomic E-state index is 12.1. The highest BCUT2D eigenvalue weighted by Crippen LogP contribution is 2.33. The first kappa shape index (κ1) is 14.9. The van der Waals surface area contributed by atoms with Crippen molar-refractivity contribution in [1.82, 2.24) is 5.32 Å². The van der Waals surface area contributed by atoms with Crippen LogP contribution in [0.2, 0.25) is 0 Å². The summed E-state index contributed by atoms with van der Waals surface area (Å²) in [6, 6.07) is 7.76. The van der Waals surface area contributed by atoms with Gasteiger partial charge in [0, 0.05) is 12.6 Å². The molecule has 0 bridgehead atoms. The van der Waals surface area contributed by atoms with E-state index in [1.165, 1.54) is 0 Å². The molecule has 1 fully saturated rings. The Bertz CT molecular complexity index is 443. The molecule has 0 radical (unpaired) electrons. The van der Waals surface area contributed by atoms with Gasteiger partial charge in [0.05, 0.1) is 13.0 Å². The van der Waals surface area contributed by atoms with Crippen molar-refractivity contribution in [3.63, 3.8) is 0 Å². The highest BCUT2D eigenvalue weighted by atomic mass is 16.5. The fourth-order valence-corrected chi connectivity index (χ4v) is 2.42. The van der Waals surface area contributed by atoms with Crippen LogP contribution in [0.1, 0.15) is 31.7 Å². The van der Waals surface area contributed by atoms with Crippen LogP contribution in [0.25, 0.3) is 0 Å². The molecule has 1 aromatic rings. The number of ether oxygens (including phenoxy) is 1. The number of rotatable bonds is 8. The molecule has 2 rings (SSSR count). The second-order valence-electron chi connectivity index (χ2n) is 5.28. The van der Waals surface area contributed by atoms with Crippen molar-refractivity contribution >= 4 is 5.91 Å². The van der Waals surface area contributed by atoms with Gasteiger partial charge in [-0.25, -0.2) is 0 Å². The standard InChI is InChI=1S/C16H23NO3/c1-2-20-14-5-3-4-12(10-14)11-16(19)17-15(8-9-18)13-6-7-13/h3-5,10,13,15,18H,2,6-9,11H2,1H3,(H,17,19). The Hall–Kier alpha value is -1.55. The van der Waals surface area contributed by atoms with E-state index in [9.17, 15) is 4.79 Å². The summed E-state index contributed by atoms with van der Waals surface area (Å²) in [6.45, 7) is 2.69. The predicted molar refractivity (Wildman–Crippen MR) is 77.7 cm³/mol. The number of aliphatic hydroxyl groups is 1. The van der Waals surface area contributed by atoms with Gasteiger partial charge in [-0.05, 0) is 49.8 Å². The van der Waals surface area contributed by atoms with Gasteiger partial charge in [0.2, 0.25) is 5.91 Å². The van der Waals surface area contributed by atoms with E-state index in [-0.39, 0.29) is 18.6 Å². The molecule has 1 aromatic carbocycles. The Morgan fingerprint density at radius 3 is 2.95 bits per heavy atom. The molecule has 0 heterocycles. The fourth-order valence-electron chi connectivity index (χ4n) is 2.42. The molecule has 1 saturated carbocycles. The molecule has 4 heteroatoms. The van der Waals surface area contributed by atoms with Crippen LogP contribution in [0.3, 0.4) is 0 Å². The van der Waals surface area contributed by atoms with E-state index in [0.29, 0.717) is 25.4 Å². The number of aliphatic hydroxyl groups excluding tert-OH is 1. The van der Waals surface area contributed by atoms with Crippen LogP contribution < -0.4 is 10.1 Å². The summed E-state index contributed by atoms with van der Waals surface area (Å²) >= 11 is 0. The van der Waals surface area contributed by atoms with Crippen LogP contribution in [-0.2, 0) is 11.2 Å². The number of hydrogen-bond acceptors (Lipinski definition) is 3. The Morgan fingerprint density at radius 2 is 2.30 bits per heavy atom. The molecule has 4 nitrogen and oxygen atoms in total. The van der Waals surface area contributed by atoms with Gasteiger partial charge >= 0.3 is 0 Å². The Morgan fingerprint density at radius 1 is 1.50 bits per heavy atom. The van der Waals surface area contributed by atoms with Crippen molar-refractivity contribution in [3.8, 4) is 5.75 Å². The average molecular weight is 277 g/mol. The largest absolute Gasteiger partial charge is 0.494 e. The van der Waals surface area contributed by atoms with Crippen molar-refractivity contribution < 1.29 is 14.6 Å². The van der Waals surface area contributed by atoms with Crippen molar-refractivity contribution in [3.05, 3.63) is 29.8 Å². The second kappa shape index (κ2) is 7.29. The molecule has 0 spiro atoms. The fraction of sp³-hybridized carbons (Fsp3) is 0.562. The van der Waals surface area contributed by atoms with Crippen LogP contribution in [-0.4, -0.2) is 30.3 Å². The van der Waals surface area contributed by atoms with E-state index in [1.54, 1.807) is 0 Å². The molecule has 0 aromatic heterocycles. The minimum Gasteiger partial charge on any atom is -0.494 e.